The number of rotatable bonds is 4. The lowest BCUT2D eigenvalue weighted by Crippen LogP contribution is -2.22. The van der Waals surface area contributed by atoms with Crippen molar-refractivity contribution < 1.29 is 28.6 Å². The van der Waals surface area contributed by atoms with Crippen LogP contribution in [-0.4, -0.2) is 23.0 Å². The molecule has 6 nitrogen and oxygen atoms in total. The van der Waals surface area contributed by atoms with Crippen LogP contribution >= 0.6 is 0 Å². The fourth-order valence-electron chi connectivity index (χ4n) is 2.16. The van der Waals surface area contributed by atoms with Gasteiger partial charge in [-0.1, -0.05) is 0 Å². The molecule has 1 N–H and O–H groups in total. The number of carboxylic acids is 1. The Balaban J connectivity index is 1.85. The predicted molar refractivity (Wildman–Crippen MR) is 80.5 cm³/mol. The molecule has 1 aliphatic heterocycles. The van der Waals surface area contributed by atoms with Crippen LogP contribution in [0.1, 0.15) is 28.8 Å². The van der Waals surface area contributed by atoms with Crippen LogP contribution < -0.4 is 9.47 Å². The van der Waals surface area contributed by atoms with Gasteiger partial charge in [-0.3, -0.25) is 4.79 Å². The number of carboxylic acid groups (broad SMARTS) is 1. The van der Waals surface area contributed by atoms with Gasteiger partial charge in [0.25, 0.3) is 0 Å². The fourth-order valence-corrected chi connectivity index (χ4v) is 2.16. The summed E-state index contributed by atoms with van der Waals surface area (Å²) in [5, 5.41) is 8.86. The Hall–Kier alpha value is -3.02. The first-order chi connectivity index (χ1) is 10.9. The maximum absolute atomic E-state index is 12.3. The minimum atomic E-state index is -1.07. The van der Waals surface area contributed by atoms with Crippen molar-refractivity contribution in [1.29, 1.82) is 0 Å². The Bertz CT molecular complexity index is 814. The molecule has 23 heavy (non-hydrogen) atoms. The van der Waals surface area contributed by atoms with Gasteiger partial charge in [-0.15, -0.1) is 0 Å². The number of Topliss-reactive ketones (excluding diaryl/α,β-unsaturated/α-hetero) is 1. The van der Waals surface area contributed by atoms with Crippen molar-refractivity contribution in [1.82, 2.24) is 0 Å². The largest absolute Gasteiger partial charge is 0.479 e. The highest BCUT2D eigenvalue weighted by atomic mass is 16.5. The van der Waals surface area contributed by atoms with Gasteiger partial charge >= 0.3 is 5.97 Å². The van der Waals surface area contributed by atoms with Crippen molar-refractivity contribution >= 4 is 17.8 Å². The van der Waals surface area contributed by atoms with E-state index in [0.717, 1.165) is 5.76 Å². The van der Waals surface area contributed by atoms with E-state index < -0.39 is 12.1 Å². The number of aryl methyl sites for hydroxylation is 1. The molecule has 2 heterocycles. The molecular weight excluding hydrogens is 300 g/mol. The lowest BCUT2D eigenvalue weighted by atomic mass is 10.1. The third-order valence-corrected chi connectivity index (χ3v) is 3.34. The van der Waals surface area contributed by atoms with Crippen molar-refractivity contribution in [3.63, 3.8) is 0 Å². The van der Waals surface area contributed by atoms with Gasteiger partial charge in [0.05, 0.1) is 5.56 Å². The highest BCUT2D eigenvalue weighted by Crippen LogP contribution is 2.35. The second-order valence-electron chi connectivity index (χ2n) is 5.14. The zero-order valence-corrected chi connectivity index (χ0v) is 12.5. The molecule has 0 amide bonds. The van der Waals surface area contributed by atoms with E-state index in [2.05, 4.69) is 0 Å². The number of aliphatic carboxylic acids is 1. The van der Waals surface area contributed by atoms with E-state index in [0.29, 0.717) is 22.8 Å². The standard InChI is InChI=1S/C17H14O6/c1-9-3-4-11(21-9)8-15-16(18)13-6-5-12(7-14(13)23-15)22-10(2)17(19)20/h3-8,10H,1-2H3,(H,19,20)/b15-8-/t10-/m1/s1. The monoisotopic (exact) mass is 314 g/mol. The molecule has 0 unspecified atom stereocenters. The minimum absolute atomic E-state index is 0.151. The first-order valence-corrected chi connectivity index (χ1v) is 6.98. The number of ether oxygens (including phenoxy) is 2. The number of ketones is 1. The number of benzene rings is 1. The van der Waals surface area contributed by atoms with Crippen molar-refractivity contribution in [3.05, 3.63) is 53.2 Å². The lowest BCUT2D eigenvalue weighted by molar-refractivity contribution is -0.144. The number of fused-ring (bicyclic) bond motifs is 1. The molecule has 1 aromatic carbocycles. The summed E-state index contributed by atoms with van der Waals surface area (Å²) in [5.74, 6) is 0.731. The molecule has 1 atom stereocenters. The highest BCUT2D eigenvalue weighted by Gasteiger charge is 2.28. The fraction of sp³-hybridized carbons (Fsp3) is 0.176. The second kappa shape index (κ2) is 5.64. The van der Waals surface area contributed by atoms with E-state index >= 15 is 0 Å². The Morgan fingerprint density at radius 1 is 1.30 bits per heavy atom. The van der Waals surface area contributed by atoms with Gasteiger partial charge < -0.3 is 19.0 Å². The topological polar surface area (TPSA) is 86.0 Å². The van der Waals surface area contributed by atoms with Gasteiger partial charge in [-0.05, 0) is 38.1 Å². The third kappa shape index (κ3) is 2.96. The number of allylic oxidation sites excluding steroid dienone is 1. The van der Waals surface area contributed by atoms with E-state index in [1.54, 1.807) is 31.2 Å². The summed E-state index contributed by atoms with van der Waals surface area (Å²) in [6.45, 7) is 3.23. The average Bonchev–Trinajstić information content (AvgIpc) is 3.03. The van der Waals surface area contributed by atoms with Crippen LogP contribution in [0.3, 0.4) is 0 Å². The van der Waals surface area contributed by atoms with Crippen molar-refractivity contribution in [2.45, 2.75) is 20.0 Å². The molecule has 1 aliphatic rings. The maximum atomic E-state index is 12.3. The summed E-state index contributed by atoms with van der Waals surface area (Å²) in [7, 11) is 0. The first-order valence-electron chi connectivity index (χ1n) is 6.98. The Morgan fingerprint density at radius 2 is 2.09 bits per heavy atom. The molecule has 0 saturated heterocycles. The van der Waals surface area contributed by atoms with Crippen molar-refractivity contribution in [2.24, 2.45) is 0 Å². The number of carbonyl (C=O) groups is 2. The van der Waals surface area contributed by atoms with Crippen LogP contribution in [0.25, 0.3) is 6.08 Å². The van der Waals surface area contributed by atoms with E-state index in [-0.39, 0.29) is 11.5 Å². The van der Waals surface area contributed by atoms with Crippen LogP contribution in [0.15, 0.2) is 40.5 Å². The minimum Gasteiger partial charge on any atom is -0.479 e. The van der Waals surface area contributed by atoms with Crippen LogP contribution in [0, 0.1) is 6.92 Å². The Kier molecular flexibility index (Phi) is 3.65. The predicted octanol–water partition coefficient (Wildman–Crippen LogP) is 3.06. The highest BCUT2D eigenvalue weighted by molar-refractivity contribution is 6.14. The van der Waals surface area contributed by atoms with Crippen LogP contribution in [0.5, 0.6) is 11.5 Å². The number of carbonyl (C=O) groups excluding carboxylic acids is 1. The molecule has 6 heteroatoms. The molecule has 0 bridgehead atoms. The maximum Gasteiger partial charge on any atom is 0.344 e. The molecule has 0 spiro atoms. The summed E-state index contributed by atoms with van der Waals surface area (Å²) >= 11 is 0. The molecular formula is C17H14O6. The van der Waals surface area contributed by atoms with Gasteiger partial charge in [0.1, 0.15) is 23.0 Å². The average molecular weight is 314 g/mol. The first kappa shape index (κ1) is 14.9. The molecule has 0 aliphatic carbocycles. The molecule has 118 valence electrons. The quantitative estimate of drug-likeness (QED) is 0.873. The number of furan rings is 1. The zero-order valence-electron chi connectivity index (χ0n) is 12.5. The Labute approximate surface area is 131 Å². The van der Waals surface area contributed by atoms with Crippen molar-refractivity contribution in [2.75, 3.05) is 0 Å². The third-order valence-electron chi connectivity index (χ3n) is 3.34. The molecule has 1 aromatic heterocycles. The zero-order chi connectivity index (χ0) is 16.6. The van der Waals surface area contributed by atoms with Gasteiger partial charge in [0.2, 0.25) is 5.78 Å². The van der Waals surface area contributed by atoms with E-state index in [1.165, 1.54) is 19.1 Å². The van der Waals surface area contributed by atoms with E-state index in [1.807, 2.05) is 0 Å². The van der Waals surface area contributed by atoms with Crippen LogP contribution in [0.2, 0.25) is 0 Å². The number of hydrogen-bond acceptors (Lipinski definition) is 5. The van der Waals surface area contributed by atoms with E-state index in [4.69, 9.17) is 19.0 Å². The SMILES string of the molecule is Cc1ccc(/C=C2\Oc3cc(O[C@H](C)C(=O)O)ccc3C2=O)o1. The molecule has 0 fully saturated rings. The molecule has 2 aromatic rings. The summed E-state index contributed by atoms with van der Waals surface area (Å²) in [4.78, 5) is 23.1. The smallest absolute Gasteiger partial charge is 0.344 e. The van der Waals surface area contributed by atoms with Gasteiger partial charge in [0, 0.05) is 12.1 Å². The van der Waals surface area contributed by atoms with Gasteiger partial charge in [0.15, 0.2) is 11.9 Å². The van der Waals surface area contributed by atoms with Gasteiger partial charge in [-0.25, -0.2) is 4.79 Å². The summed E-state index contributed by atoms with van der Waals surface area (Å²) < 4.78 is 16.2. The summed E-state index contributed by atoms with van der Waals surface area (Å²) in [6.07, 6.45) is 0.529. The van der Waals surface area contributed by atoms with E-state index in [9.17, 15) is 9.59 Å². The molecule has 3 rings (SSSR count). The lowest BCUT2D eigenvalue weighted by Gasteiger charge is -2.10. The second-order valence-corrected chi connectivity index (χ2v) is 5.14. The van der Waals surface area contributed by atoms with Crippen LogP contribution in [0.4, 0.5) is 0 Å². The summed E-state index contributed by atoms with van der Waals surface area (Å²) in [5.41, 5.74) is 0.398. The van der Waals surface area contributed by atoms with Crippen LogP contribution in [-0.2, 0) is 4.79 Å². The number of hydrogen-bond donors (Lipinski definition) is 1. The normalized spacial score (nSPS) is 16.1. The molecule has 0 saturated carbocycles. The Morgan fingerprint density at radius 3 is 2.74 bits per heavy atom. The van der Waals surface area contributed by atoms with Gasteiger partial charge in [-0.2, -0.15) is 0 Å². The summed E-state index contributed by atoms with van der Waals surface area (Å²) in [6, 6.07) is 8.12. The van der Waals surface area contributed by atoms with Crippen molar-refractivity contribution in [3.8, 4) is 11.5 Å². The molecule has 0 radical (unpaired) electrons.